The zero-order valence-corrected chi connectivity index (χ0v) is 26.5. The van der Waals surface area contributed by atoms with E-state index in [4.69, 9.17) is 4.74 Å². The summed E-state index contributed by atoms with van der Waals surface area (Å²) in [6, 6.07) is 42.1. The van der Waals surface area contributed by atoms with Gasteiger partial charge in [-0.3, -0.25) is 0 Å². The van der Waals surface area contributed by atoms with Gasteiger partial charge in [0.15, 0.2) is 11.3 Å². The van der Waals surface area contributed by atoms with Gasteiger partial charge in [0.05, 0.1) is 22.8 Å². The van der Waals surface area contributed by atoms with Crippen LogP contribution in [0.3, 0.4) is 0 Å². The number of rotatable bonds is 1. The maximum Gasteiger partial charge on any atom is 0.397 e. The summed E-state index contributed by atoms with van der Waals surface area (Å²) in [4.78, 5) is 0. The Labute approximate surface area is 273 Å². The van der Waals surface area contributed by atoms with Gasteiger partial charge in [-0.1, -0.05) is 59.3 Å². The first kappa shape index (κ1) is 24.5. The maximum absolute atomic E-state index is 6.83. The number of aromatic nitrogens is 4. The normalized spacial score (nSPS) is 16.6. The Morgan fingerprint density at radius 1 is 0.660 bits per heavy atom. The van der Waals surface area contributed by atoms with Gasteiger partial charge in [-0.15, -0.1) is 16.0 Å². The summed E-state index contributed by atoms with van der Waals surface area (Å²) >= 11 is 1.88. The minimum Gasteiger partial charge on any atom is -0.456 e. The molecule has 4 aromatic heterocycles. The summed E-state index contributed by atoms with van der Waals surface area (Å²) in [5, 5.41) is 5.15. The molecule has 3 aliphatic rings. The Bertz CT molecular complexity index is 2920. The summed E-state index contributed by atoms with van der Waals surface area (Å²) in [5.41, 5.74) is 11.3. The molecule has 0 radical (unpaired) electrons. The van der Waals surface area contributed by atoms with Crippen molar-refractivity contribution >= 4 is 53.4 Å². The standard InChI is InChI=1S/C41H26N4OS/c1-23-37(25-19-20-28-27-11-4-6-18-35(27)47-36(28)22-25)24(2)45-41-38-31(14-7-16-33(38)46-34-17-8-15-32(39(34)41)44(23)45)43-30-13-5-3-10-26(30)29-12-9-21-42(41)40(29)43/h3-22H,1-2H3/q+2. The molecule has 1 unspecified atom stereocenters. The van der Waals surface area contributed by atoms with Gasteiger partial charge in [-0.25, -0.2) is 0 Å². The number of thiophene rings is 1. The lowest BCUT2D eigenvalue weighted by atomic mass is 9.84. The molecule has 5 nitrogen and oxygen atoms in total. The van der Waals surface area contributed by atoms with Gasteiger partial charge >= 0.3 is 11.3 Å². The molecule has 3 aliphatic heterocycles. The molecule has 7 heterocycles. The molecule has 0 aliphatic carbocycles. The summed E-state index contributed by atoms with van der Waals surface area (Å²) in [6.45, 7) is 4.58. The van der Waals surface area contributed by atoms with Crippen molar-refractivity contribution in [2.45, 2.75) is 19.5 Å². The minimum absolute atomic E-state index is 0.686. The Kier molecular flexibility index (Phi) is 4.16. The molecule has 1 spiro atoms. The average molecular weight is 623 g/mol. The van der Waals surface area contributed by atoms with Crippen LogP contribution in [0.4, 0.5) is 0 Å². The zero-order chi connectivity index (χ0) is 30.8. The van der Waals surface area contributed by atoms with E-state index in [9.17, 15) is 0 Å². The van der Waals surface area contributed by atoms with E-state index in [1.54, 1.807) is 0 Å². The minimum atomic E-state index is -0.686. The first-order valence-electron chi connectivity index (χ1n) is 16.1. The van der Waals surface area contributed by atoms with Crippen LogP contribution in [0.5, 0.6) is 11.5 Å². The van der Waals surface area contributed by atoms with E-state index in [2.05, 4.69) is 154 Å². The molecule has 220 valence electrons. The van der Waals surface area contributed by atoms with Crippen molar-refractivity contribution < 1.29 is 14.0 Å². The van der Waals surface area contributed by atoms with Crippen molar-refractivity contribution in [3.05, 3.63) is 144 Å². The highest BCUT2D eigenvalue weighted by atomic mass is 32.1. The number of hydrogen-bond donors (Lipinski definition) is 0. The second-order valence-electron chi connectivity index (χ2n) is 13.0. The molecule has 0 saturated heterocycles. The molecule has 12 rings (SSSR count). The molecule has 0 amide bonds. The smallest absolute Gasteiger partial charge is 0.397 e. The van der Waals surface area contributed by atoms with Crippen LogP contribution >= 0.6 is 11.3 Å². The summed E-state index contributed by atoms with van der Waals surface area (Å²) in [5.74, 6) is 1.80. The van der Waals surface area contributed by atoms with Crippen LogP contribution in [0.2, 0.25) is 0 Å². The molecule has 9 aromatic rings. The lowest BCUT2D eigenvalue weighted by Crippen LogP contribution is -2.77. The van der Waals surface area contributed by atoms with E-state index in [0.29, 0.717) is 0 Å². The predicted octanol–water partition coefficient (Wildman–Crippen LogP) is 8.83. The largest absolute Gasteiger partial charge is 0.456 e. The Balaban J connectivity index is 1.26. The van der Waals surface area contributed by atoms with E-state index >= 15 is 0 Å². The van der Waals surface area contributed by atoms with E-state index in [-0.39, 0.29) is 0 Å². The quantitative estimate of drug-likeness (QED) is 0.168. The van der Waals surface area contributed by atoms with E-state index in [0.717, 1.165) is 22.9 Å². The number of ether oxygens (including phenoxy) is 1. The molecule has 1 atom stereocenters. The Hall–Kier alpha value is -5.72. The van der Waals surface area contributed by atoms with Crippen LogP contribution in [0.1, 0.15) is 22.5 Å². The van der Waals surface area contributed by atoms with E-state index < -0.39 is 5.66 Å². The molecule has 47 heavy (non-hydrogen) atoms. The van der Waals surface area contributed by atoms with Crippen LogP contribution in [0, 0.1) is 13.8 Å². The fraction of sp³-hybridized carbons (Fsp3) is 0.0732. The molecule has 5 aromatic carbocycles. The van der Waals surface area contributed by atoms with Crippen molar-refractivity contribution in [3.63, 3.8) is 0 Å². The van der Waals surface area contributed by atoms with Gasteiger partial charge in [0.2, 0.25) is 5.69 Å². The zero-order valence-electron chi connectivity index (χ0n) is 25.7. The van der Waals surface area contributed by atoms with Gasteiger partial charge in [0.1, 0.15) is 28.3 Å². The van der Waals surface area contributed by atoms with Gasteiger partial charge in [0, 0.05) is 32.5 Å². The summed E-state index contributed by atoms with van der Waals surface area (Å²) in [6.07, 6.45) is 2.27. The molecule has 0 saturated carbocycles. The van der Waals surface area contributed by atoms with Crippen molar-refractivity contribution in [3.8, 4) is 34.0 Å². The Morgan fingerprint density at radius 2 is 1.38 bits per heavy atom. The third-order valence-electron chi connectivity index (χ3n) is 10.9. The van der Waals surface area contributed by atoms with Crippen LogP contribution < -0.4 is 14.0 Å². The first-order valence-corrected chi connectivity index (χ1v) is 16.9. The van der Waals surface area contributed by atoms with Crippen LogP contribution in [0.25, 0.3) is 64.6 Å². The molecule has 0 fully saturated rings. The number of nitrogens with zero attached hydrogens (tertiary/aromatic N) is 4. The van der Waals surface area contributed by atoms with Crippen LogP contribution in [-0.2, 0) is 5.66 Å². The highest BCUT2D eigenvalue weighted by Crippen LogP contribution is 2.55. The van der Waals surface area contributed by atoms with Crippen molar-refractivity contribution in [2.24, 2.45) is 0 Å². The fourth-order valence-electron chi connectivity index (χ4n) is 9.27. The van der Waals surface area contributed by atoms with Crippen LogP contribution in [-0.4, -0.2) is 9.25 Å². The molecular weight excluding hydrogens is 597 g/mol. The predicted molar refractivity (Wildman–Crippen MR) is 186 cm³/mol. The van der Waals surface area contributed by atoms with Crippen LogP contribution in [0.15, 0.2) is 121 Å². The lowest BCUT2D eigenvalue weighted by Gasteiger charge is -2.33. The Morgan fingerprint density at radius 3 is 2.26 bits per heavy atom. The number of para-hydroxylation sites is 1. The lowest BCUT2D eigenvalue weighted by molar-refractivity contribution is -0.990. The monoisotopic (exact) mass is 622 g/mol. The number of benzene rings is 5. The highest BCUT2D eigenvalue weighted by Gasteiger charge is 2.69. The third kappa shape index (κ3) is 2.58. The van der Waals surface area contributed by atoms with E-state index in [1.807, 2.05) is 11.3 Å². The van der Waals surface area contributed by atoms with Crippen molar-refractivity contribution in [2.75, 3.05) is 0 Å². The second kappa shape index (κ2) is 7.97. The topological polar surface area (TPSA) is 26.8 Å². The number of fused-ring (bicyclic) bond motifs is 9. The second-order valence-corrected chi connectivity index (χ2v) is 14.1. The van der Waals surface area contributed by atoms with Gasteiger partial charge < -0.3 is 4.74 Å². The van der Waals surface area contributed by atoms with Crippen molar-refractivity contribution in [1.82, 2.24) is 9.25 Å². The fourth-order valence-corrected chi connectivity index (χ4v) is 10.4. The summed E-state index contributed by atoms with van der Waals surface area (Å²) in [7, 11) is 0. The number of pyridine rings is 1. The molecule has 0 N–H and O–H groups in total. The molecular formula is C41H26N4OS+2. The number of hydrogen-bond acceptors (Lipinski definition) is 2. The van der Waals surface area contributed by atoms with Gasteiger partial charge in [-0.05, 0) is 73.2 Å². The van der Waals surface area contributed by atoms with Gasteiger partial charge in [0.25, 0.3) is 0 Å². The molecule has 0 bridgehead atoms. The van der Waals surface area contributed by atoms with E-state index in [1.165, 1.54) is 75.8 Å². The SMILES string of the molecule is Cc1c(-c2ccc3c(c2)sc2ccccc23)c(C)[n+]2n1-c1cccc3c1C21c2c(cccc2-n2c4ccccc4c4ccc[n+]1c42)O3. The molecule has 6 heteroatoms. The maximum atomic E-state index is 6.83. The van der Waals surface area contributed by atoms with Gasteiger partial charge in [-0.2, -0.15) is 9.13 Å². The average Bonchev–Trinajstić information content (AvgIpc) is 3.81. The third-order valence-corrected chi connectivity index (χ3v) is 12.0. The highest BCUT2D eigenvalue weighted by molar-refractivity contribution is 7.25. The van der Waals surface area contributed by atoms with Crippen molar-refractivity contribution in [1.29, 1.82) is 0 Å². The summed E-state index contributed by atoms with van der Waals surface area (Å²) < 4.78 is 19.5. The first-order chi connectivity index (χ1) is 23.2.